The summed E-state index contributed by atoms with van der Waals surface area (Å²) in [6.45, 7) is 1.17. The lowest BCUT2D eigenvalue weighted by molar-refractivity contribution is 0.0951. The Balaban J connectivity index is 1.43. The van der Waals surface area contributed by atoms with E-state index < -0.39 is 0 Å². The molecule has 1 saturated carbocycles. The summed E-state index contributed by atoms with van der Waals surface area (Å²) in [7, 11) is 0. The Kier molecular flexibility index (Phi) is 5.63. The molecule has 0 aliphatic heterocycles. The smallest absolute Gasteiger partial charge is 0.251 e. The lowest BCUT2D eigenvalue weighted by Crippen LogP contribution is -2.25. The summed E-state index contributed by atoms with van der Waals surface area (Å²) in [5, 5.41) is 6.91. The van der Waals surface area contributed by atoms with Gasteiger partial charge in [-0.25, -0.2) is 0 Å². The van der Waals surface area contributed by atoms with Gasteiger partial charge in [0.05, 0.1) is 4.47 Å². The molecule has 0 heterocycles. The number of benzene rings is 2. The summed E-state index contributed by atoms with van der Waals surface area (Å²) >= 11 is 9.32. The SMILES string of the molecule is O=C(NC1CC1)c1ccc(NCCOc2ccc(Cl)cc2Br)cc1. The van der Waals surface area contributed by atoms with Crippen molar-refractivity contribution in [1.82, 2.24) is 5.32 Å². The zero-order chi connectivity index (χ0) is 16.9. The van der Waals surface area contributed by atoms with Crippen LogP contribution in [0.2, 0.25) is 5.02 Å². The highest BCUT2D eigenvalue weighted by atomic mass is 79.9. The van der Waals surface area contributed by atoms with Crippen molar-refractivity contribution in [2.45, 2.75) is 18.9 Å². The minimum atomic E-state index is -0.0000260. The fourth-order valence-electron chi connectivity index (χ4n) is 2.18. The first-order valence-corrected chi connectivity index (χ1v) is 9.01. The van der Waals surface area contributed by atoms with E-state index in [0.29, 0.717) is 29.8 Å². The Bertz CT molecular complexity index is 717. The van der Waals surface area contributed by atoms with Gasteiger partial charge in [-0.3, -0.25) is 4.79 Å². The van der Waals surface area contributed by atoms with E-state index >= 15 is 0 Å². The molecule has 1 amide bonds. The summed E-state index contributed by atoms with van der Waals surface area (Å²) in [4.78, 5) is 11.9. The lowest BCUT2D eigenvalue weighted by atomic mass is 10.2. The number of anilines is 1. The molecular weight excluding hydrogens is 392 g/mol. The summed E-state index contributed by atoms with van der Waals surface area (Å²) in [6.07, 6.45) is 2.18. The molecule has 126 valence electrons. The molecule has 2 aromatic rings. The van der Waals surface area contributed by atoms with E-state index in [9.17, 15) is 4.79 Å². The second-order valence-electron chi connectivity index (χ2n) is 5.68. The fraction of sp³-hybridized carbons (Fsp3) is 0.278. The predicted octanol–water partition coefficient (Wildman–Crippen LogP) is 4.49. The Hall–Kier alpha value is -1.72. The van der Waals surface area contributed by atoms with Crippen LogP contribution in [0, 0.1) is 0 Å². The highest BCUT2D eigenvalue weighted by Crippen LogP contribution is 2.27. The zero-order valence-electron chi connectivity index (χ0n) is 13.0. The van der Waals surface area contributed by atoms with Gasteiger partial charge in [-0.1, -0.05) is 11.6 Å². The van der Waals surface area contributed by atoms with Crippen LogP contribution in [-0.4, -0.2) is 25.1 Å². The van der Waals surface area contributed by atoms with Crippen molar-refractivity contribution in [2.24, 2.45) is 0 Å². The van der Waals surface area contributed by atoms with Crippen molar-refractivity contribution in [1.29, 1.82) is 0 Å². The van der Waals surface area contributed by atoms with E-state index in [1.807, 2.05) is 30.3 Å². The quantitative estimate of drug-likeness (QED) is 0.663. The fourth-order valence-corrected chi connectivity index (χ4v) is 2.98. The molecule has 2 aromatic carbocycles. The van der Waals surface area contributed by atoms with Crippen molar-refractivity contribution in [2.75, 3.05) is 18.5 Å². The maximum atomic E-state index is 11.9. The van der Waals surface area contributed by atoms with Crippen molar-refractivity contribution >= 4 is 39.1 Å². The molecule has 0 bridgehead atoms. The van der Waals surface area contributed by atoms with Gasteiger partial charge >= 0.3 is 0 Å². The topological polar surface area (TPSA) is 50.4 Å². The summed E-state index contributed by atoms with van der Waals surface area (Å²) in [6, 6.07) is 13.3. The highest BCUT2D eigenvalue weighted by Gasteiger charge is 2.23. The van der Waals surface area contributed by atoms with E-state index in [4.69, 9.17) is 16.3 Å². The van der Waals surface area contributed by atoms with Crippen LogP contribution in [0.4, 0.5) is 5.69 Å². The van der Waals surface area contributed by atoms with E-state index in [1.165, 1.54) is 0 Å². The lowest BCUT2D eigenvalue weighted by Gasteiger charge is -2.10. The molecule has 3 rings (SSSR count). The Morgan fingerprint density at radius 2 is 1.96 bits per heavy atom. The van der Waals surface area contributed by atoms with E-state index in [-0.39, 0.29) is 5.91 Å². The Morgan fingerprint density at radius 3 is 2.62 bits per heavy atom. The van der Waals surface area contributed by atoms with E-state index in [0.717, 1.165) is 28.8 Å². The molecule has 0 radical (unpaired) electrons. The number of ether oxygens (including phenoxy) is 1. The van der Waals surface area contributed by atoms with Crippen LogP contribution in [0.5, 0.6) is 5.75 Å². The first kappa shape index (κ1) is 17.1. The van der Waals surface area contributed by atoms with Gasteiger partial charge in [0.2, 0.25) is 0 Å². The number of hydrogen-bond donors (Lipinski definition) is 2. The normalized spacial score (nSPS) is 13.4. The Labute approximate surface area is 154 Å². The number of carbonyl (C=O) groups is 1. The van der Waals surface area contributed by atoms with Gasteiger partial charge in [-0.2, -0.15) is 0 Å². The van der Waals surface area contributed by atoms with E-state index in [2.05, 4.69) is 26.6 Å². The zero-order valence-corrected chi connectivity index (χ0v) is 15.4. The molecule has 1 aliphatic rings. The molecule has 24 heavy (non-hydrogen) atoms. The van der Waals surface area contributed by atoms with Crippen molar-refractivity contribution in [3.05, 3.63) is 57.5 Å². The van der Waals surface area contributed by atoms with Gasteiger partial charge in [-0.05, 0) is 71.2 Å². The third kappa shape index (κ3) is 4.89. The van der Waals surface area contributed by atoms with Crippen LogP contribution < -0.4 is 15.4 Å². The van der Waals surface area contributed by atoms with Crippen LogP contribution in [-0.2, 0) is 0 Å². The monoisotopic (exact) mass is 408 g/mol. The molecule has 4 nitrogen and oxygen atoms in total. The summed E-state index contributed by atoms with van der Waals surface area (Å²) in [5.74, 6) is 0.758. The van der Waals surface area contributed by atoms with Crippen LogP contribution in [0.1, 0.15) is 23.2 Å². The maximum Gasteiger partial charge on any atom is 0.251 e. The average Bonchev–Trinajstić information content (AvgIpc) is 3.37. The molecular formula is C18H18BrClN2O2. The minimum Gasteiger partial charge on any atom is -0.491 e. The second kappa shape index (κ2) is 7.90. The van der Waals surface area contributed by atoms with Crippen LogP contribution in [0.25, 0.3) is 0 Å². The molecule has 0 unspecified atom stereocenters. The molecule has 1 fully saturated rings. The number of amides is 1. The minimum absolute atomic E-state index is 0.0000260. The maximum absolute atomic E-state index is 11.9. The van der Waals surface area contributed by atoms with Gasteiger partial charge in [0.1, 0.15) is 12.4 Å². The van der Waals surface area contributed by atoms with Gasteiger partial charge in [0.25, 0.3) is 5.91 Å². The molecule has 6 heteroatoms. The van der Waals surface area contributed by atoms with Crippen LogP contribution in [0.3, 0.4) is 0 Å². The molecule has 0 saturated heterocycles. The first-order chi connectivity index (χ1) is 11.6. The van der Waals surface area contributed by atoms with Crippen LogP contribution >= 0.6 is 27.5 Å². The predicted molar refractivity (Wildman–Crippen MR) is 100 cm³/mol. The third-order valence-corrected chi connectivity index (χ3v) is 4.50. The molecule has 0 spiro atoms. The number of hydrogen-bond acceptors (Lipinski definition) is 3. The van der Waals surface area contributed by atoms with Gasteiger partial charge in [0.15, 0.2) is 0 Å². The largest absolute Gasteiger partial charge is 0.491 e. The number of halogens is 2. The van der Waals surface area contributed by atoms with Gasteiger partial charge in [-0.15, -0.1) is 0 Å². The van der Waals surface area contributed by atoms with Gasteiger partial charge < -0.3 is 15.4 Å². The molecule has 0 aromatic heterocycles. The Morgan fingerprint density at radius 1 is 1.21 bits per heavy atom. The standard InChI is InChI=1S/C18H18BrClN2O2/c19-16-11-13(20)3-8-17(16)24-10-9-21-14-4-1-12(2-5-14)18(23)22-15-6-7-15/h1-5,8,11,15,21H,6-7,9-10H2,(H,22,23). The number of nitrogens with one attached hydrogen (secondary N) is 2. The first-order valence-electron chi connectivity index (χ1n) is 7.84. The highest BCUT2D eigenvalue weighted by molar-refractivity contribution is 9.10. The molecule has 0 atom stereocenters. The number of rotatable bonds is 7. The van der Waals surface area contributed by atoms with Crippen molar-refractivity contribution < 1.29 is 9.53 Å². The van der Waals surface area contributed by atoms with Crippen LogP contribution in [0.15, 0.2) is 46.9 Å². The third-order valence-electron chi connectivity index (χ3n) is 3.64. The summed E-state index contributed by atoms with van der Waals surface area (Å²) in [5.41, 5.74) is 1.64. The second-order valence-corrected chi connectivity index (χ2v) is 6.97. The van der Waals surface area contributed by atoms with Crippen molar-refractivity contribution in [3.8, 4) is 5.75 Å². The number of carbonyl (C=O) groups excluding carboxylic acids is 1. The molecule has 1 aliphatic carbocycles. The van der Waals surface area contributed by atoms with E-state index in [1.54, 1.807) is 12.1 Å². The summed E-state index contributed by atoms with van der Waals surface area (Å²) < 4.78 is 6.53. The van der Waals surface area contributed by atoms with Crippen molar-refractivity contribution in [3.63, 3.8) is 0 Å². The van der Waals surface area contributed by atoms with Gasteiger partial charge in [0, 0.05) is 28.9 Å². The average molecular weight is 410 g/mol. The molecule has 2 N–H and O–H groups in total.